The van der Waals surface area contributed by atoms with Gasteiger partial charge in [-0.15, -0.1) is 0 Å². The summed E-state index contributed by atoms with van der Waals surface area (Å²) in [6.07, 6.45) is -1.58. The van der Waals surface area contributed by atoms with Crippen molar-refractivity contribution in [3.63, 3.8) is 0 Å². The Balaban J connectivity index is 3.12. The minimum Gasteiger partial charge on any atom is -0.207 e. The van der Waals surface area contributed by atoms with Crippen molar-refractivity contribution in [2.24, 2.45) is 0 Å². The Kier molecular flexibility index (Phi) is 3.17. The molecule has 4 heteroatoms. The van der Waals surface area contributed by atoms with Gasteiger partial charge >= 0.3 is 6.18 Å². The van der Waals surface area contributed by atoms with E-state index in [-0.39, 0.29) is 6.42 Å². The molecule has 0 aromatic heterocycles. The summed E-state index contributed by atoms with van der Waals surface area (Å²) in [7, 11) is 0. The smallest absolute Gasteiger partial charge is 0.207 e. The standard InChI is InChI=1S/C11H10F4/c1-7(2)8-3-5-9(11(13,14)15)10(12)6-4-8/h3,5-6H,1,4H2,2H3. The Morgan fingerprint density at radius 1 is 1.33 bits per heavy atom. The monoisotopic (exact) mass is 218 g/mol. The quantitative estimate of drug-likeness (QED) is 0.577. The van der Waals surface area contributed by atoms with E-state index in [1.54, 1.807) is 6.92 Å². The lowest BCUT2D eigenvalue weighted by atomic mass is 10.1. The van der Waals surface area contributed by atoms with Crippen molar-refractivity contribution in [3.8, 4) is 0 Å². The molecule has 1 aliphatic rings. The molecule has 0 aromatic carbocycles. The summed E-state index contributed by atoms with van der Waals surface area (Å²) in [4.78, 5) is 0. The van der Waals surface area contributed by atoms with E-state index in [1.807, 2.05) is 0 Å². The maximum absolute atomic E-state index is 13.1. The lowest BCUT2D eigenvalue weighted by Gasteiger charge is -2.07. The van der Waals surface area contributed by atoms with Gasteiger partial charge in [-0.05, 0) is 31.1 Å². The van der Waals surface area contributed by atoms with Crippen LogP contribution in [0.1, 0.15) is 13.3 Å². The van der Waals surface area contributed by atoms with Gasteiger partial charge in [0.2, 0.25) is 0 Å². The van der Waals surface area contributed by atoms with Gasteiger partial charge in [-0.3, -0.25) is 0 Å². The number of hydrogen-bond acceptors (Lipinski definition) is 0. The number of alkyl halides is 3. The molecule has 0 bridgehead atoms. The highest BCUT2D eigenvalue weighted by Gasteiger charge is 2.36. The Bertz CT molecular complexity index is 367. The molecule has 0 unspecified atom stereocenters. The third-order valence-corrected chi connectivity index (χ3v) is 2.06. The maximum atomic E-state index is 13.1. The molecule has 0 fully saturated rings. The minimum atomic E-state index is -4.65. The molecular weight excluding hydrogens is 208 g/mol. The molecule has 0 N–H and O–H groups in total. The van der Waals surface area contributed by atoms with E-state index >= 15 is 0 Å². The van der Waals surface area contributed by atoms with Crippen LogP contribution < -0.4 is 0 Å². The highest BCUT2D eigenvalue weighted by atomic mass is 19.4. The predicted molar refractivity (Wildman–Crippen MR) is 50.8 cm³/mol. The topological polar surface area (TPSA) is 0 Å². The first-order valence-corrected chi connectivity index (χ1v) is 4.32. The highest BCUT2D eigenvalue weighted by Crippen LogP contribution is 2.34. The van der Waals surface area contributed by atoms with Gasteiger partial charge in [-0.1, -0.05) is 18.2 Å². The zero-order chi connectivity index (χ0) is 11.6. The average Bonchev–Trinajstić information content (AvgIpc) is 2.25. The lowest BCUT2D eigenvalue weighted by Crippen LogP contribution is -2.11. The highest BCUT2D eigenvalue weighted by molar-refractivity contribution is 5.42. The number of allylic oxidation sites excluding steroid dienone is 7. The molecule has 0 spiro atoms. The number of hydrogen-bond donors (Lipinski definition) is 0. The summed E-state index contributed by atoms with van der Waals surface area (Å²) in [5, 5.41) is 0. The first kappa shape index (κ1) is 11.8. The Hall–Kier alpha value is -1.32. The van der Waals surface area contributed by atoms with E-state index in [1.165, 1.54) is 6.08 Å². The van der Waals surface area contributed by atoms with Gasteiger partial charge in [0, 0.05) is 0 Å². The van der Waals surface area contributed by atoms with Crippen molar-refractivity contribution >= 4 is 0 Å². The molecule has 0 atom stereocenters. The Morgan fingerprint density at radius 3 is 2.40 bits per heavy atom. The maximum Gasteiger partial charge on any atom is 0.419 e. The molecule has 0 nitrogen and oxygen atoms in total. The van der Waals surface area contributed by atoms with Gasteiger partial charge in [-0.2, -0.15) is 13.2 Å². The van der Waals surface area contributed by atoms with Crippen molar-refractivity contribution in [3.05, 3.63) is 47.4 Å². The second kappa shape index (κ2) is 4.04. The van der Waals surface area contributed by atoms with Crippen molar-refractivity contribution in [2.45, 2.75) is 19.5 Å². The van der Waals surface area contributed by atoms with E-state index < -0.39 is 17.6 Å². The van der Waals surface area contributed by atoms with Crippen molar-refractivity contribution in [2.75, 3.05) is 0 Å². The summed E-state index contributed by atoms with van der Waals surface area (Å²) in [5.74, 6) is -1.23. The van der Waals surface area contributed by atoms with Gasteiger partial charge in [0.05, 0.1) is 5.57 Å². The summed E-state index contributed by atoms with van der Waals surface area (Å²) in [5.41, 5.74) is 0.00174. The summed E-state index contributed by atoms with van der Waals surface area (Å²) < 4.78 is 49.9. The summed E-state index contributed by atoms with van der Waals surface area (Å²) >= 11 is 0. The third kappa shape index (κ3) is 2.81. The fourth-order valence-electron chi connectivity index (χ4n) is 1.19. The van der Waals surface area contributed by atoms with Crippen LogP contribution in [0, 0.1) is 0 Å². The van der Waals surface area contributed by atoms with Crippen LogP contribution in [-0.4, -0.2) is 6.18 Å². The van der Waals surface area contributed by atoms with Crippen LogP contribution in [0.3, 0.4) is 0 Å². The largest absolute Gasteiger partial charge is 0.419 e. The molecule has 0 saturated heterocycles. The fraction of sp³-hybridized carbons (Fsp3) is 0.273. The molecule has 0 amide bonds. The molecule has 0 saturated carbocycles. The fourth-order valence-corrected chi connectivity index (χ4v) is 1.19. The molecule has 82 valence electrons. The zero-order valence-corrected chi connectivity index (χ0v) is 8.16. The van der Waals surface area contributed by atoms with Crippen molar-refractivity contribution in [1.29, 1.82) is 0 Å². The minimum absolute atomic E-state index is 0.136. The Morgan fingerprint density at radius 2 is 1.93 bits per heavy atom. The van der Waals surface area contributed by atoms with E-state index in [4.69, 9.17) is 0 Å². The molecular formula is C11H10F4. The third-order valence-electron chi connectivity index (χ3n) is 2.06. The lowest BCUT2D eigenvalue weighted by molar-refractivity contribution is -0.0910. The van der Waals surface area contributed by atoms with Crippen LogP contribution in [-0.2, 0) is 0 Å². The van der Waals surface area contributed by atoms with E-state index in [9.17, 15) is 17.6 Å². The first-order chi connectivity index (χ1) is 6.82. The molecule has 15 heavy (non-hydrogen) atoms. The van der Waals surface area contributed by atoms with E-state index in [0.717, 1.165) is 12.2 Å². The molecule has 0 aromatic rings. The van der Waals surface area contributed by atoms with Gasteiger partial charge in [-0.25, -0.2) is 4.39 Å². The molecule has 1 aliphatic carbocycles. The first-order valence-electron chi connectivity index (χ1n) is 4.32. The van der Waals surface area contributed by atoms with E-state index in [0.29, 0.717) is 11.1 Å². The molecule has 1 rings (SSSR count). The van der Waals surface area contributed by atoms with Crippen molar-refractivity contribution < 1.29 is 17.6 Å². The Labute approximate surface area is 85.3 Å². The van der Waals surface area contributed by atoms with Crippen LogP contribution in [0.4, 0.5) is 17.6 Å². The van der Waals surface area contributed by atoms with Crippen LogP contribution in [0.25, 0.3) is 0 Å². The SMILES string of the molecule is C=C(C)C1=CC=C(C(F)(F)F)C(F)=CC1. The molecule has 0 heterocycles. The van der Waals surface area contributed by atoms with Gasteiger partial charge in [0.15, 0.2) is 0 Å². The average molecular weight is 218 g/mol. The van der Waals surface area contributed by atoms with Gasteiger partial charge in [0.25, 0.3) is 0 Å². The van der Waals surface area contributed by atoms with Crippen LogP contribution in [0.15, 0.2) is 47.4 Å². The van der Waals surface area contributed by atoms with Crippen LogP contribution in [0.2, 0.25) is 0 Å². The summed E-state index contributed by atoms with van der Waals surface area (Å²) in [6, 6.07) is 0. The summed E-state index contributed by atoms with van der Waals surface area (Å²) in [6.45, 7) is 5.27. The van der Waals surface area contributed by atoms with Crippen LogP contribution >= 0.6 is 0 Å². The van der Waals surface area contributed by atoms with Gasteiger partial charge in [0.1, 0.15) is 5.83 Å². The number of halogens is 4. The number of rotatable bonds is 1. The molecule has 0 radical (unpaired) electrons. The second-order valence-electron chi connectivity index (χ2n) is 3.31. The van der Waals surface area contributed by atoms with Crippen molar-refractivity contribution in [1.82, 2.24) is 0 Å². The van der Waals surface area contributed by atoms with Gasteiger partial charge < -0.3 is 0 Å². The molecule has 0 aliphatic heterocycles. The van der Waals surface area contributed by atoms with Crippen LogP contribution in [0.5, 0.6) is 0 Å². The normalized spacial score (nSPS) is 17.5. The van der Waals surface area contributed by atoms with E-state index in [2.05, 4.69) is 6.58 Å². The predicted octanol–water partition coefficient (Wildman–Crippen LogP) is 4.23. The zero-order valence-electron chi connectivity index (χ0n) is 8.16. The second-order valence-corrected chi connectivity index (χ2v) is 3.31.